The summed E-state index contributed by atoms with van der Waals surface area (Å²) in [5.74, 6) is -0.695. The summed E-state index contributed by atoms with van der Waals surface area (Å²) in [5, 5.41) is 15.6. The Labute approximate surface area is 121 Å². The van der Waals surface area contributed by atoms with Crippen LogP contribution in [-0.4, -0.2) is 26.8 Å². The number of carbonyl (C=O) groups excluding carboxylic acids is 1. The molecule has 0 bridgehead atoms. The van der Waals surface area contributed by atoms with Gasteiger partial charge >= 0.3 is 5.97 Å². The fourth-order valence-corrected chi connectivity index (χ4v) is 1.83. The molecular formula is C14H15N3O4. The van der Waals surface area contributed by atoms with E-state index in [1.165, 1.54) is 17.8 Å². The molecule has 1 amide bonds. The smallest absolute Gasteiger partial charge is 0.339 e. The Kier molecular flexibility index (Phi) is 4.22. The molecule has 21 heavy (non-hydrogen) atoms. The van der Waals surface area contributed by atoms with Gasteiger partial charge in [-0.15, -0.1) is 0 Å². The number of aromatic nitrogens is 2. The number of hydrogen-bond acceptors (Lipinski definition) is 4. The van der Waals surface area contributed by atoms with E-state index in [0.29, 0.717) is 17.1 Å². The Balaban J connectivity index is 2.11. The first-order valence-electron chi connectivity index (χ1n) is 6.22. The molecule has 0 fully saturated rings. The van der Waals surface area contributed by atoms with Gasteiger partial charge in [-0.25, -0.2) is 4.79 Å². The number of ether oxygens (including phenoxy) is 1. The van der Waals surface area contributed by atoms with Crippen molar-refractivity contribution in [3.63, 3.8) is 0 Å². The summed E-state index contributed by atoms with van der Waals surface area (Å²) >= 11 is 0. The average molecular weight is 289 g/mol. The van der Waals surface area contributed by atoms with Crippen molar-refractivity contribution >= 4 is 17.6 Å². The number of anilines is 1. The molecule has 1 heterocycles. The van der Waals surface area contributed by atoms with Crippen LogP contribution in [-0.2, 0) is 18.4 Å². The number of carboxylic acid groups (broad SMARTS) is 1. The quantitative estimate of drug-likeness (QED) is 0.873. The molecule has 7 heteroatoms. The van der Waals surface area contributed by atoms with Crippen molar-refractivity contribution in [2.24, 2.45) is 7.05 Å². The molecule has 0 atom stereocenters. The van der Waals surface area contributed by atoms with Crippen molar-refractivity contribution in [1.29, 1.82) is 0 Å². The molecule has 2 aromatic rings. The van der Waals surface area contributed by atoms with Gasteiger partial charge in [-0.2, -0.15) is 5.10 Å². The van der Waals surface area contributed by atoms with E-state index in [4.69, 9.17) is 9.84 Å². The summed E-state index contributed by atoms with van der Waals surface area (Å²) in [6.07, 6.45) is 1.29. The van der Waals surface area contributed by atoms with Crippen LogP contribution in [0.25, 0.3) is 0 Å². The summed E-state index contributed by atoms with van der Waals surface area (Å²) in [5.41, 5.74) is 1.19. The molecule has 0 aliphatic carbocycles. The second-order valence-electron chi connectivity index (χ2n) is 4.43. The van der Waals surface area contributed by atoms with Crippen molar-refractivity contribution in [1.82, 2.24) is 9.78 Å². The molecule has 0 saturated heterocycles. The van der Waals surface area contributed by atoms with E-state index >= 15 is 0 Å². The SMILES string of the molecule is CC(=O)Nc1cccc(OCc2c(C(=O)O)cnn2C)c1. The van der Waals surface area contributed by atoms with E-state index in [2.05, 4.69) is 10.4 Å². The number of carbonyl (C=O) groups is 2. The van der Waals surface area contributed by atoms with Gasteiger partial charge < -0.3 is 15.2 Å². The number of hydrogen-bond donors (Lipinski definition) is 2. The molecule has 0 unspecified atom stereocenters. The number of aromatic carboxylic acids is 1. The van der Waals surface area contributed by atoms with Crippen molar-refractivity contribution in [3.05, 3.63) is 41.7 Å². The normalized spacial score (nSPS) is 10.2. The van der Waals surface area contributed by atoms with Crippen LogP contribution in [0.3, 0.4) is 0 Å². The van der Waals surface area contributed by atoms with E-state index in [-0.39, 0.29) is 18.1 Å². The number of carboxylic acids is 1. The van der Waals surface area contributed by atoms with Gasteiger partial charge in [-0.3, -0.25) is 9.48 Å². The van der Waals surface area contributed by atoms with Crippen LogP contribution in [0.1, 0.15) is 23.0 Å². The third kappa shape index (κ3) is 3.59. The van der Waals surface area contributed by atoms with Gasteiger partial charge in [0.15, 0.2) is 0 Å². The number of aryl methyl sites for hydroxylation is 1. The summed E-state index contributed by atoms with van der Waals surface area (Å²) in [7, 11) is 1.65. The lowest BCUT2D eigenvalue weighted by Gasteiger charge is -2.09. The Morgan fingerprint density at radius 2 is 2.19 bits per heavy atom. The van der Waals surface area contributed by atoms with Crippen molar-refractivity contribution in [2.45, 2.75) is 13.5 Å². The summed E-state index contributed by atoms with van der Waals surface area (Å²) in [6.45, 7) is 1.49. The first kappa shape index (κ1) is 14.6. The number of nitrogens with zero attached hydrogens (tertiary/aromatic N) is 2. The third-order valence-corrected chi connectivity index (χ3v) is 2.82. The van der Waals surface area contributed by atoms with Gasteiger partial charge in [0.1, 0.15) is 17.9 Å². The van der Waals surface area contributed by atoms with Crippen molar-refractivity contribution in [3.8, 4) is 5.75 Å². The fourth-order valence-electron chi connectivity index (χ4n) is 1.83. The topological polar surface area (TPSA) is 93.4 Å². The van der Waals surface area contributed by atoms with Crippen LogP contribution in [0.4, 0.5) is 5.69 Å². The standard InChI is InChI=1S/C14H15N3O4/c1-9(18)16-10-4-3-5-11(6-10)21-8-13-12(14(19)20)7-15-17(13)2/h3-7H,8H2,1-2H3,(H,16,18)(H,19,20). The average Bonchev–Trinajstić information content (AvgIpc) is 2.77. The van der Waals surface area contributed by atoms with Crippen LogP contribution < -0.4 is 10.1 Å². The molecule has 0 spiro atoms. The van der Waals surface area contributed by atoms with Gasteiger partial charge in [-0.05, 0) is 12.1 Å². The largest absolute Gasteiger partial charge is 0.487 e. The molecule has 7 nitrogen and oxygen atoms in total. The highest BCUT2D eigenvalue weighted by molar-refractivity contribution is 5.89. The Morgan fingerprint density at radius 1 is 1.43 bits per heavy atom. The Bertz CT molecular complexity index is 679. The molecule has 0 aliphatic heterocycles. The van der Waals surface area contributed by atoms with E-state index in [9.17, 15) is 9.59 Å². The maximum atomic E-state index is 11.1. The molecule has 0 saturated carbocycles. The first-order chi connectivity index (χ1) is 9.97. The maximum Gasteiger partial charge on any atom is 0.339 e. The Morgan fingerprint density at radius 3 is 2.86 bits per heavy atom. The monoisotopic (exact) mass is 289 g/mol. The van der Waals surface area contributed by atoms with E-state index in [1.807, 2.05) is 0 Å². The van der Waals surface area contributed by atoms with E-state index in [1.54, 1.807) is 31.3 Å². The fraction of sp³-hybridized carbons (Fsp3) is 0.214. The molecule has 0 aliphatic rings. The molecular weight excluding hydrogens is 274 g/mol. The lowest BCUT2D eigenvalue weighted by atomic mass is 10.2. The minimum Gasteiger partial charge on any atom is -0.487 e. The molecule has 1 aromatic carbocycles. The van der Waals surface area contributed by atoms with Gasteiger partial charge in [0, 0.05) is 25.7 Å². The van der Waals surface area contributed by atoms with E-state index < -0.39 is 5.97 Å². The number of rotatable bonds is 5. The molecule has 1 aromatic heterocycles. The summed E-state index contributed by atoms with van der Waals surface area (Å²) in [4.78, 5) is 22.1. The highest BCUT2D eigenvalue weighted by Crippen LogP contribution is 2.19. The van der Waals surface area contributed by atoms with Crippen molar-refractivity contribution < 1.29 is 19.4 Å². The molecule has 2 N–H and O–H groups in total. The van der Waals surface area contributed by atoms with Crippen LogP contribution in [0.15, 0.2) is 30.5 Å². The second kappa shape index (κ2) is 6.08. The van der Waals surface area contributed by atoms with Crippen LogP contribution >= 0.6 is 0 Å². The van der Waals surface area contributed by atoms with Gasteiger partial charge in [0.05, 0.1) is 11.9 Å². The zero-order valence-electron chi connectivity index (χ0n) is 11.7. The minimum absolute atomic E-state index is 0.0711. The maximum absolute atomic E-state index is 11.1. The first-order valence-corrected chi connectivity index (χ1v) is 6.22. The number of amides is 1. The zero-order chi connectivity index (χ0) is 15.4. The number of nitrogens with one attached hydrogen (secondary N) is 1. The molecule has 2 rings (SSSR count). The highest BCUT2D eigenvalue weighted by atomic mass is 16.5. The van der Waals surface area contributed by atoms with Crippen LogP contribution in [0.2, 0.25) is 0 Å². The number of benzene rings is 1. The molecule has 110 valence electrons. The Hall–Kier alpha value is -2.83. The van der Waals surface area contributed by atoms with Gasteiger partial charge in [0.25, 0.3) is 0 Å². The van der Waals surface area contributed by atoms with Gasteiger partial charge in [0.2, 0.25) is 5.91 Å². The minimum atomic E-state index is -1.05. The van der Waals surface area contributed by atoms with Gasteiger partial charge in [-0.1, -0.05) is 6.07 Å². The van der Waals surface area contributed by atoms with Crippen molar-refractivity contribution in [2.75, 3.05) is 5.32 Å². The molecule has 0 radical (unpaired) electrons. The highest BCUT2D eigenvalue weighted by Gasteiger charge is 2.15. The summed E-state index contributed by atoms with van der Waals surface area (Å²) in [6, 6.07) is 6.86. The second-order valence-corrected chi connectivity index (χ2v) is 4.43. The predicted octanol–water partition coefficient (Wildman–Crippen LogP) is 1.66. The summed E-state index contributed by atoms with van der Waals surface area (Å²) < 4.78 is 7.03. The van der Waals surface area contributed by atoms with Crippen LogP contribution in [0.5, 0.6) is 5.75 Å². The third-order valence-electron chi connectivity index (χ3n) is 2.82. The predicted molar refractivity (Wildman–Crippen MR) is 75.2 cm³/mol. The van der Waals surface area contributed by atoms with Crippen LogP contribution in [0, 0.1) is 0 Å². The van der Waals surface area contributed by atoms with E-state index in [0.717, 1.165) is 0 Å². The zero-order valence-corrected chi connectivity index (χ0v) is 11.7. The lowest BCUT2D eigenvalue weighted by Crippen LogP contribution is -2.09. The lowest BCUT2D eigenvalue weighted by molar-refractivity contribution is -0.114.